The van der Waals surface area contributed by atoms with Gasteiger partial charge in [0.1, 0.15) is 12.0 Å². The predicted molar refractivity (Wildman–Crippen MR) is 68.9 cm³/mol. The molecule has 0 bridgehead atoms. The summed E-state index contributed by atoms with van der Waals surface area (Å²) in [7, 11) is 1.27. The zero-order chi connectivity index (χ0) is 14.6. The van der Waals surface area contributed by atoms with Gasteiger partial charge >= 0.3 is 5.97 Å². The van der Waals surface area contributed by atoms with Gasteiger partial charge < -0.3 is 15.4 Å². The van der Waals surface area contributed by atoms with Crippen molar-refractivity contribution in [2.24, 2.45) is 17.6 Å². The summed E-state index contributed by atoms with van der Waals surface area (Å²) in [6, 6.07) is -0.637. The van der Waals surface area contributed by atoms with E-state index >= 15 is 0 Å². The van der Waals surface area contributed by atoms with Crippen LogP contribution in [-0.2, 0) is 19.1 Å². The fourth-order valence-electron chi connectivity index (χ4n) is 2.73. The van der Waals surface area contributed by atoms with Crippen molar-refractivity contribution in [3.8, 4) is 0 Å². The third-order valence-corrected chi connectivity index (χ3v) is 3.66. The smallest absolute Gasteiger partial charge is 0.318 e. The highest BCUT2D eigenvalue weighted by molar-refractivity contribution is 6.01. The van der Waals surface area contributed by atoms with Crippen molar-refractivity contribution in [3.05, 3.63) is 0 Å². The number of amides is 2. The van der Waals surface area contributed by atoms with E-state index in [0.717, 1.165) is 12.8 Å². The summed E-state index contributed by atoms with van der Waals surface area (Å²) in [5.74, 6) is -2.28. The molecule has 6 heteroatoms. The molecule has 1 heterocycles. The fourth-order valence-corrected chi connectivity index (χ4v) is 2.73. The minimum absolute atomic E-state index is 0.0988. The molecule has 1 aliphatic heterocycles. The number of ether oxygens (including phenoxy) is 1. The van der Waals surface area contributed by atoms with Gasteiger partial charge in [0, 0.05) is 6.54 Å². The monoisotopic (exact) mass is 270 g/mol. The van der Waals surface area contributed by atoms with Crippen molar-refractivity contribution in [2.45, 2.75) is 39.2 Å². The van der Waals surface area contributed by atoms with Crippen LogP contribution in [0.4, 0.5) is 0 Å². The Bertz CT molecular complexity index is 370. The number of nitrogens with zero attached hydrogens (tertiary/aromatic N) is 1. The first-order chi connectivity index (χ1) is 8.97. The molecule has 1 aliphatic rings. The van der Waals surface area contributed by atoms with Crippen LogP contribution in [0.15, 0.2) is 0 Å². The van der Waals surface area contributed by atoms with E-state index in [-0.39, 0.29) is 11.8 Å². The normalized spacial score (nSPS) is 24.4. The van der Waals surface area contributed by atoms with Crippen molar-refractivity contribution in [1.29, 1.82) is 0 Å². The van der Waals surface area contributed by atoms with E-state index in [2.05, 4.69) is 0 Å². The molecule has 108 valence electrons. The van der Waals surface area contributed by atoms with Crippen LogP contribution in [0.1, 0.15) is 33.1 Å². The Hall–Kier alpha value is -1.59. The Balaban J connectivity index is 2.97. The van der Waals surface area contributed by atoms with Crippen molar-refractivity contribution in [3.63, 3.8) is 0 Å². The van der Waals surface area contributed by atoms with Gasteiger partial charge in [0.25, 0.3) is 0 Å². The lowest BCUT2D eigenvalue weighted by Gasteiger charge is -2.24. The van der Waals surface area contributed by atoms with Gasteiger partial charge in [-0.2, -0.15) is 0 Å². The SMILES string of the molecule is CCCC1CN([C@@H](CC)C(N)=O)C(=O)C1C(=O)OC. The number of hydrogen-bond donors (Lipinski definition) is 1. The Morgan fingerprint density at radius 2 is 2.11 bits per heavy atom. The third kappa shape index (κ3) is 3.05. The van der Waals surface area contributed by atoms with Gasteiger partial charge in [-0.3, -0.25) is 14.4 Å². The zero-order valence-electron chi connectivity index (χ0n) is 11.7. The number of nitrogens with two attached hydrogens (primary N) is 1. The number of primary amides is 1. The molecule has 0 aromatic carbocycles. The highest BCUT2D eigenvalue weighted by Gasteiger charge is 2.47. The van der Waals surface area contributed by atoms with E-state index in [0.29, 0.717) is 13.0 Å². The standard InChI is InChI=1S/C13H22N2O4/c1-4-6-8-7-15(9(5-2)11(14)16)12(17)10(8)13(18)19-3/h8-10H,4-7H2,1-3H3,(H2,14,16)/t8?,9-,10?/m0/s1. The molecule has 1 fully saturated rings. The van der Waals surface area contributed by atoms with Gasteiger partial charge in [0.2, 0.25) is 11.8 Å². The number of rotatable bonds is 6. The average Bonchev–Trinajstić information content (AvgIpc) is 2.67. The summed E-state index contributed by atoms with van der Waals surface area (Å²) in [6.07, 6.45) is 2.07. The molecule has 0 saturated carbocycles. The van der Waals surface area contributed by atoms with Crippen LogP contribution in [0.25, 0.3) is 0 Å². The third-order valence-electron chi connectivity index (χ3n) is 3.66. The number of methoxy groups -OCH3 is 1. The second-order valence-corrected chi connectivity index (χ2v) is 4.87. The van der Waals surface area contributed by atoms with E-state index < -0.39 is 23.8 Å². The molecule has 3 atom stereocenters. The van der Waals surface area contributed by atoms with E-state index in [1.54, 1.807) is 6.92 Å². The number of esters is 1. The molecule has 2 amide bonds. The molecule has 0 spiro atoms. The van der Waals surface area contributed by atoms with Crippen LogP contribution >= 0.6 is 0 Å². The van der Waals surface area contributed by atoms with Crippen LogP contribution < -0.4 is 5.73 Å². The molecule has 0 aromatic rings. The van der Waals surface area contributed by atoms with Gasteiger partial charge in [-0.25, -0.2) is 0 Å². The first-order valence-electron chi connectivity index (χ1n) is 6.65. The van der Waals surface area contributed by atoms with Crippen LogP contribution in [0.3, 0.4) is 0 Å². The molecule has 19 heavy (non-hydrogen) atoms. The summed E-state index contributed by atoms with van der Waals surface area (Å²) >= 11 is 0. The number of hydrogen-bond acceptors (Lipinski definition) is 4. The lowest BCUT2D eigenvalue weighted by molar-refractivity contribution is -0.153. The van der Waals surface area contributed by atoms with Crippen molar-refractivity contribution in [2.75, 3.05) is 13.7 Å². The molecular formula is C13H22N2O4. The summed E-state index contributed by atoms with van der Waals surface area (Å²) in [5, 5.41) is 0. The number of carbonyl (C=O) groups is 3. The minimum Gasteiger partial charge on any atom is -0.468 e. The summed E-state index contributed by atoms with van der Waals surface area (Å²) in [5.41, 5.74) is 5.31. The maximum absolute atomic E-state index is 12.3. The molecule has 2 N–H and O–H groups in total. The quantitative estimate of drug-likeness (QED) is 0.555. The number of likely N-dealkylation sites (tertiary alicyclic amines) is 1. The first-order valence-corrected chi connectivity index (χ1v) is 6.65. The molecule has 6 nitrogen and oxygen atoms in total. The van der Waals surface area contributed by atoms with Crippen molar-refractivity contribution in [1.82, 2.24) is 4.90 Å². The molecule has 2 unspecified atom stereocenters. The lowest BCUT2D eigenvalue weighted by atomic mass is 9.91. The van der Waals surface area contributed by atoms with E-state index in [1.165, 1.54) is 12.0 Å². The second kappa shape index (κ2) is 6.54. The minimum atomic E-state index is -0.793. The van der Waals surface area contributed by atoms with E-state index in [1.807, 2.05) is 6.92 Å². The fraction of sp³-hybridized carbons (Fsp3) is 0.769. The highest BCUT2D eigenvalue weighted by Crippen LogP contribution is 2.31. The topological polar surface area (TPSA) is 89.7 Å². The Kier molecular flexibility index (Phi) is 5.32. The van der Waals surface area contributed by atoms with Gasteiger partial charge in [-0.15, -0.1) is 0 Å². The van der Waals surface area contributed by atoms with Crippen molar-refractivity contribution >= 4 is 17.8 Å². The second-order valence-electron chi connectivity index (χ2n) is 4.87. The maximum atomic E-state index is 12.3. The Morgan fingerprint density at radius 1 is 1.47 bits per heavy atom. The van der Waals surface area contributed by atoms with E-state index in [9.17, 15) is 14.4 Å². The summed E-state index contributed by atoms with van der Waals surface area (Å²) in [6.45, 7) is 4.18. The molecule has 0 radical (unpaired) electrons. The number of carbonyl (C=O) groups excluding carboxylic acids is 3. The Morgan fingerprint density at radius 3 is 2.53 bits per heavy atom. The van der Waals surface area contributed by atoms with Gasteiger partial charge in [0.05, 0.1) is 7.11 Å². The molecular weight excluding hydrogens is 248 g/mol. The average molecular weight is 270 g/mol. The van der Waals surface area contributed by atoms with Crippen LogP contribution in [0, 0.1) is 11.8 Å². The first kappa shape index (κ1) is 15.5. The Labute approximate surface area is 113 Å². The predicted octanol–water partition coefficient (Wildman–Crippen LogP) is 0.298. The van der Waals surface area contributed by atoms with Crippen LogP contribution in [0.2, 0.25) is 0 Å². The van der Waals surface area contributed by atoms with E-state index in [4.69, 9.17) is 10.5 Å². The largest absolute Gasteiger partial charge is 0.468 e. The van der Waals surface area contributed by atoms with Crippen LogP contribution in [-0.4, -0.2) is 42.4 Å². The summed E-state index contributed by atoms with van der Waals surface area (Å²) in [4.78, 5) is 36.9. The maximum Gasteiger partial charge on any atom is 0.318 e. The van der Waals surface area contributed by atoms with Crippen molar-refractivity contribution < 1.29 is 19.1 Å². The summed E-state index contributed by atoms with van der Waals surface area (Å²) < 4.78 is 4.70. The highest BCUT2D eigenvalue weighted by atomic mass is 16.5. The van der Waals surface area contributed by atoms with Gasteiger partial charge in [0.15, 0.2) is 0 Å². The molecule has 1 rings (SSSR count). The van der Waals surface area contributed by atoms with Gasteiger partial charge in [-0.05, 0) is 18.8 Å². The van der Waals surface area contributed by atoms with Gasteiger partial charge in [-0.1, -0.05) is 20.3 Å². The lowest BCUT2D eigenvalue weighted by Crippen LogP contribution is -2.46. The molecule has 0 aromatic heterocycles. The molecule has 1 saturated heterocycles. The van der Waals surface area contributed by atoms with Crippen LogP contribution in [0.5, 0.6) is 0 Å². The molecule has 0 aliphatic carbocycles. The zero-order valence-corrected chi connectivity index (χ0v) is 11.7.